The van der Waals surface area contributed by atoms with E-state index in [1.165, 1.54) is 32.1 Å². The monoisotopic (exact) mass is 199 g/mol. The van der Waals surface area contributed by atoms with Crippen LogP contribution >= 0.6 is 0 Å². The second kappa shape index (κ2) is 6.41. The molecule has 2 heteroatoms. The van der Waals surface area contributed by atoms with Crippen LogP contribution in [0.25, 0.3) is 0 Å². The Morgan fingerprint density at radius 3 is 2.29 bits per heavy atom. The van der Waals surface area contributed by atoms with E-state index in [0.29, 0.717) is 12.1 Å². The molecule has 1 saturated carbocycles. The second-order valence-corrected chi connectivity index (χ2v) is 4.55. The Labute approximate surface area is 88.1 Å². The van der Waals surface area contributed by atoms with Crippen molar-refractivity contribution in [3.63, 3.8) is 0 Å². The molecule has 0 aromatic carbocycles. The molecule has 1 rings (SSSR count). The molecule has 0 amide bonds. The minimum absolute atomic E-state index is 0.0915. The first-order valence-corrected chi connectivity index (χ1v) is 6.22. The zero-order valence-electron chi connectivity index (χ0n) is 9.63. The SMILES string of the molecule is CCCC(CCC)NC1CCCC1O. The van der Waals surface area contributed by atoms with E-state index in [1.54, 1.807) is 0 Å². The van der Waals surface area contributed by atoms with Crippen LogP contribution in [0.15, 0.2) is 0 Å². The molecule has 0 bridgehead atoms. The number of hydrogen-bond donors (Lipinski definition) is 2. The van der Waals surface area contributed by atoms with Crippen LogP contribution in [-0.2, 0) is 0 Å². The summed E-state index contributed by atoms with van der Waals surface area (Å²) in [5.74, 6) is 0. The maximum absolute atomic E-state index is 9.71. The smallest absolute Gasteiger partial charge is 0.0693 e. The highest BCUT2D eigenvalue weighted by Crippen LogP contribution is 2.20. The molecule has 2 nitrogen and oxygen atoms in total. The van der Waals surface area contributed by atoms with Crippen molar-refractivity contribution in [2.24, 2.45) is 0 Å². The van der Waals surface area contributed by atoms with Crippen LogP contribution in [0.4, 0.5) is 0 Å². The van der Waals surface area contributed by atoms with E-state index < -0.39 is 0 Å². The highest BCUT2D eigenvalue weighted by molar-refractivity contribution is 4.85. The van der Waals surface area contributed by atoms with Crippen LogP contribution in [0, 0.1) is 0 Å². The van der Waals surface area contributed by atoms with Gasteiger partial charge in [-0.2, -0.15) is 0 Å². The number of rotatable bonds is 6. The van der Waals surface area contributed by atoms with Gasteiger partial charge in [0.05, 0.1) is 6.10 Å². The summed E-state index contributed by atoms with van der Waals surface area (Å²) < 4.78 is 0. The van der Waals surface area contributed by atoms with Crippen molar-refractivity contribution in [1.29, 1.82) is 0 Å². The minimum atomic E-state index is -0.0915. The van der Waals surface area contributed by atoms with Gasteiger partial charge in [0.25, 0.3) is 0 Å². The molecular weight excluding hydrogens is 174 g/mol. The summed E-state index contributed by atoms with van der Waals surface area (Å²) in [5.41, 5.74) is 0. The first-order chi connectivity index (χ1) is 6.77. The first-order valence-electron chi connectivity index (χ1n) is 6.22. The van der Waals surface area contributed by atoms with Crippen molar-refractivity contribution in [1.82, 2.24) is 5.32 Å². The van der Waals surface area contributed by atoms with Gasteiger partial charge in [0, 0.05) is 12.1 Å². The molecule has 0 spiro atoms. The predicted molar refractivity (Wildman–Crippen MR) is 60.4 cm³/mol. The van der Waals surface area contributed by atoms with Gasteiger partial charge in [-0.15, -0.1) is 0 Å². The average Bonchev–Trinajstić information content (AvgIpc) is 2.53. The standard InChI is InChI=1S/C12H25NO/c1-3-6-10(7-4-2)13-11-8-5-9-12(11)14/h10-14H,3-9H2,1-2H3. The molecule has 0 aromatic rings. The zero-order chi connectivity index (χ0) is 10.4. The third-order valence-corrected chi connectivity index (χ3v) is 3.20. The molecule has 2 N–H and O–H groups in total. The third kappa shape index (κ3) is 3.58. The molecule has 0 aliphatic heterocycles. The Morgan fingerprint density at radius 1 is 1.21 bits per heavy atom. The largest absolute Gasteiger partial charge is 0.392 e. The molecule has 1 fully saturated rings. The molecular formula is C12H25NO. The lowest BCUT2D eigenvalue weighted by atomic mass is 10.0. The molecule has 1 aliphatic rings. The predicted octanol–water partition coefficient (Wildman–Crippen LogP) is 2.46. The fourth-order valence-corrected chi connectivity index (χ4v) is 2.45. The van der Waals surface area contributed by atoms with Crippen molar-refractivity contribution < 1.29 is 5.11 Å². The molecule has 0 heterocycles. The van der Waals surface area contributed by atoms with Gasteiger partial charge in [-0.1, -0.05) is 26.7 Å². The Bertz CT molecular complexity index is 143. The molecule has 14 heavy (non-hydrogen) atoms. The van der Waals surface area contributed by atoms with Crippen molar-refractivity contribution in [3.05, 3.63) is 0 Å². The van der Waals surface area contributed by atoms with Gasteiger partial charge < -0.3 is 10.4 Å². The Morgan fingerprint density at radius 2 is 1.86 bits per heavy atom. The topological polar surface area (TPSA) is 32.3 Å². The van der Waals surface area contributed by atoms with E-state index >= 15 is 0 Å². The highest BCUT2D eigenvalue weighted by Gasteiger charge is 2.26. The summed E-state index contributed by atoms with van der Waals surface area (Å²) in [5, 5.41) is 13.3. The van der Waals surface area contributed by atoms with Crippen LogP contribution < -0.4 is 5.32 Å². The summed E-state index contributed by atoms with van der Waals surface area (Å²) >= 11 is 0. The Hall–Kier alpha value is -0.0800. The van der Waals surface area contributed by atoms with E-state index in [4.69, 9.17) is 0 Å². The number of hydrogen-bond acceptors (Lipinski definition) is 2. The van der Waals surface area contributed by atoms with E-state index in [2.05, 4.69) is 19.2 Å². The van der Waals surface area contributed by atoms with Gasteiger partial charge in [0.2, 0.25) is 0 Å². The van der Waals surface area contributed by atoms with Gasteiger partial charge in [-0.3, -0.25) is 0 Å². The van der Waals surface area contributed by atoms with Gasteiger partial charge in [0.15, 0.2) is 0 Å². The van der Waals surface area contributed by atoms with Crippen LogP contribution in [0.5, 0.6) is 0 Å². The molecule has 0 radical (unpaired) electrons. The molecule has 2 unspecified atom stereocenters. The van der Waals surface area contributed by atoms with Gasteiger partial charge in [-0.05, 0) is 32.1 Å². The maximum Gasteiger partial charge on any atom is 0.0693 e. The lowest BCUT2D eigenvalue weighted by Gasteiger charge is -2.24. The lowest BCUT2D eigenvalue weighted by Crippen LogP contribution is -2.42. The van der Waals surface area contributed by atoms with E-state index in [-0.39, 0.29) is 6.10 Å². The van der Waals surface area contributed by atoms with E-state index in [9.17, 15) is 5.11 Å². The summed E-state index contributed by atoms with van der Waals surface area (Å²) in [7, 11) is 0. The van der Waals surface area contributed by atoms with E-state index in [0.717, 1.165) is 12.8 Å². The van der Waals surface area contributed by atoms with Gasteiger partial charge in [0.1, 0.15) is 0 Å². The highest BCUT2D eigenvalue weighted by atomic mass is 16.3. The summed E-state index contributed by atoms with van der Waals surface area (Å²) in [6, 6.07) is 1.00. The molecule has 84 valence electrons. The fourth-order valence-electron chi connectivity index (χ4n) is 2.45. The number of aliphatic hydroxyl groups is 1. The maximum atomic E-state index is 9.71. The second-order valence-electron chi connectivity index (χ2n) is 4.55. The Kier molecular flexibility index (Phi) is 5.49. The summed E-state index contributed by atoms with van der Waals surface area (Å²) in [6.07, 6.45) is 8.21. The molecule has 0 aromatic heterocycles. The van der Waals surface area contributed by atoms with E-state index in [1.807, 2.05) is 0 Å². The number of aliphatic hydroxyl groups excluding tert-OH is 1. The normalized spacial score (nSPS) is 27.4. The summed E-state index contributed by atoms with van der Waals surface area (Å²) in [4.78, 5) is 0. The summed E-state index contributed by atoms with van der Waals surface area (Å²) in [6.45, 7) is 4.46. The Balaban J connectivity index is 2.29. The zero-order valence-corrected chi connectivity index (χ0v) is 9.63. The molecule has 0 saturated heterocycles. The van der Waals surface area contributed by atoms with Crippen molar-refractivity contribution in [2.75, 3.05) is 0 Å². The van der Waals surface area contributed by atoms with Crippen molar-refractivity contribution in [3.8, 4) is 0 Å². The lowest BCUT2D eigenvalue weighted by molar-refractivity contribution is 0.140. The average molecular weight is 199 g/mol. The fraction of sp³-hybridized carbons (Fsp3) is 1.00. The van der Waals surface area contributed by atoms with Crippen molar-refractivity contribution in [2.45, 2.75) is 77.0 Å². The third-order valence-electron chi connectivity index (χ3n) is 3.20. The van der Waals surface area contributed by atoms with Crippen LogP contribution in [0.2, 0.25) is 0 Å². The van der Waals surface area contributed by atoms with Gasteiger partial charge in [-0.25, -0.2) is 0 Å². The number of nitrogens with one attached hydrogen (secondary N) is 1. The van der Waals surface area contributed by atoms with Gasteiger partial charge >= 0.3 is 0 Å². The molecule has 1 aliphatic carbocycles. The quantitative estimate of drug-likeness (QED) is 0.688. The minimum Gasteiger partial charge on any atom is -0.392 e. The van der Waals surface area contributed by atoms with Crippen molar-refractivity contribution >= 4 is 0 Å². The van der Waals surface area contributed by atoms with Crippen LogP contribution in [-0.4, -0.2) is 23.3 Å². The molecule has 2 atom stereocenters. The first kappa shape index (κ1) is 12.0. The van der Waals surface area contributed by atoms with Crippen LogP contribution in [0.3, 0.4) is 0 Å². The van der Waals surface area contributed by atoms with Crippen LogP contribution in [0.1, 0.15) is 58.8 Å².